The molecule has 1 aliphatic rings. The average Bonchev–Trinajstić information content (AvgIpc) is 3.12. The Labute approximate surface area is 181 Å². The van der Waals surface area contributed by atoms with Crippen molar-refractivity contribution in [1.29, 1.82) is 0 Å². The molecular weight excluding hydrogens is 400 g/mol. The molecule has 0 spiro atoms. The van der Waals surface area contributed by atoms with Gasteiger partial charge in [0.25, 0.3) is 0 Å². The Kier molecular flexibility index (Phi) is 6.46. The van der Waals surface area contributed by atoms with Crippen LogP contribution in [0.5, 0.6) is 0 Å². The van der Waals surface area contributed by atoms with Gasteiger partial charge in [-0.15, -0.1) is 5.10 Å². The van der Waals surface area contributed by atoms with Crippen LogP contribution in [0.2, 0.25) is 0 Å². The number of ether oxygens (including phenoxy) is 1. The van der Waals surface area contributed by atoms with Crippen LogP contribution < -0.4 is 5.32 Å². The highest BCUT2D eigenvalue weighted by atomic mass is 19.3. The number of aryl methyl sites for hydroxylation is 1. The van der Waals surface area contributed by atoms with E-state index in [1.54, 1.807) is 13.1 Å². The monoisotopic (exact) mass is 429 g/mol. The highest BCUT2D eigenvalue weighted by Crippen LogP contribution is 2.39. The van der Waals surface area contributed by atoms with Crippen molar-refractivity contribution in [1.82, 2.24) is 19.6 Å². The minimum absolute atomic E-state index is 0.127. The number of nitrogens with zero attached hydrogens (tertiary/aromatic N) is 4. The van der Waals surface area contributed by atoms with E-state index in [4.69, 9.17) is 5.10 Å². The Morgan fingerprint density at radius 1 is 1.16 bits per heavy atom. The van der Waals surface area contributed by atoms with Crippen molar-refractivity contribution in [2.24, 2.45) is 5.92 Å². The maximum Gasteiger partial charge on any atom is 0.345 e. The lowest BCUT2D eigenvalue weighted by atomic mass is 9.81. The molecule has 1 saturated carbocycles. The summed E-state index contributed by atoms with van der Waals surface area (Å²) in [5, 5.41) is 7.80. The number of hydrogen-bond donors (Lipinski definition) is 1. The maximum atomic E-state index is 12.3. The van der Waals surface area contributed by atoms with Crippen LogP contribution in [-0.4, -0.2) is 38.8 Å². The van der Waals surface area contributed by atoms with E-state index in [1.165, 1.54) is 18.5 Å². The van der Waals surface area contributed by atoms with Gasteiger partial charge >= 0.3 is 6.61 Å². The highest BCUT2D eigenvalue weighted by molar-refractivity contribution is 5.81. The maximum absolute atomic E-state index is 12.3. The van der Waals surface area contributed by atoms with Crippen molar-refractivity contribution < 1.29 is 13.5 Å². The van der Waals surface area contributed by atoms with E-state index in [9.17, 15) is 8.78 Å². The molecule has 3 aromatic heterocycles. The van der Waals surface area contributed by atoms with Crippen molar-refractivity contribution >= 4 is 11.5 Å². The van der Waals surface area contributed by atoms with Crippen LogP contribution in [-0.2, 0) is 4.74 Å². The Balaban J connectivity index is 1.69. The van der Waals surface area contributed by atoms with Crippen LogP contribution in [0.4, 0.5) is 14.7 Å². The Morgan fingerprint density at radius 2 is 1.94 bits per heavy atom. The van der Waals surface area contributed by atoms with Crippen molar-refractivity contribution in [3.05, 3.63) is 42.0 Å². The van der Waals surface area contributed by atoms with Gasteiger partial charge in [-0.3, -0.25) is 4.98 Å². The van der Waals surface area contributed by atoms with Crippen molar-refractivity contribution in [3.8, 4) is 11.1 Å². The minimum atomic E-state index is -2.79. The lowest BCUT2D eigenvalue weighted by Crippen LogP contribution is -2.25. The Hall–Kier alpha value is -2.61. The molecule has 0 bridgehead atoms. The zero-order valence-corrected chi connectivity index (χ0v) is 18.2. The fraction of sp³-hybridized carbons (Fsp3) is 0.522. The van der Waals surface area contributed by atoms with Gasteiger partial charge in [-0.1, -0.05) is 25.8 Å². The van der Waals surface area contributed by atoms with Gasteiger partial charge in [0, 0.05) is 40.7 Å². The molecule has 0 saturated heterocycles. The molecule has 0 aromatic carbocycles. The van der Waals surface area contributed by atoms with E-state index >= 15 is 0 Å². The van der Waals surface area contributed by atoms with Crippen LogP contribution in [0.25, 0.3) is 16.6 Å². The molecule has 3 aromatic rings. The van der Waals surface area contributed by atoms with Gasteiger partial charge in [-0.2, -0.15) is 8.78 Å². The number of pyridine rings is 1. The van der Waals surface area contributed by atoms with E-state index in [1.807, 2.05) is 23.7 Å². The number of anilines is 1. The molecule has 1 N–H and O–H groups in total. The topological polar surface area (TPSA) is 64.3 Å². The summed E-state index contributed by atoms with van der Waals surface area (Å²) in [6, 6.07) is 5.94. The predicted molar refractivity (Wildman–Crippen MR) is 116 cm³/mol. The molecule has 0 aliphatic heterocycles. The Bertz CT molecular complexity index is 1010. The summed E-state index contributed by atoms with van der Waals surface area (Å²) in [5.74, 6) is 1.58. The van der Waals surface area contributed by atoms with Crippen LogP contribution >= 0.6 is 0 Å². The van der Waals surface area contributed by atoms with Crippen molar-refractivity contribution in [2.45, 2.75) is 65.0 Å². The fourth-order valence-corrected chi connectivity index (χ4v) is 4.27. The van der Waals surface area contributed by atoms with Crippen LogP contribution in [0, 0.1) is 12.8 Å². The van der Waals surface area contributed by atoms with Gasteiger partial charge in [0.1, 0.15) is 0 Å². The Morgan fingerprint density at radius 3 is 2.61 bits per heavy atom. The van der Waals surface area contributed by atoms with Crippen molar-refractivity contribution in [3.63, 3.8) is 0 Å². The lowest BCUT2D eigenvalue weighted by Gasteiger charge is -2.25. The zero-order valence-electron chi connectivity index (χ0n) is 18.2. The SMILES string of the molecule is Cc1ccc(-c2cc(C3CCC(C)CC3)n3nc(N[C@@H](C)COC(F)F)ncc23)cn1. The molecule has 31 heavy (non-hydrogen) atoms. The number of alkyl halides is 2. The number of fused-ring (bicyclic) bond motifs is 1. The highest BCUT2D eigenvalue weighted by Gasteiger charge is 2.25. The molecule has 3 heterocycles. The summed E-state index contributed by atoms with van der Waals surface area (Å²) in [6.45, 7) is 3.12. The van der Waals surface area contributed by atoms with Gasteiger partial charge < -0.3 is 10.1 Å². The lowest BCUT2D eigenvalue weighted by molar-refractivity contribution is -0.130. The standard InChI is InChI=1S/C23H29F2N5O/c1-14-4-7-17(8-5-14)20-10-19(18-9-6-15(2)26-11-18)21-12-27-23(29-30(20)21)28-16(3)13-31-22(24)25/h6,9-12,14,16-17,22H,4-5,7-8,13H2,1-3H3,(H,28,29)/t14?,16-,17?/m0/s1. The molecule has 0 radical (unpaired) electrons. The van der Waals surface area contributed by atoms with E-state index in [0.717, 1.165) is 41.1 Å². The van der Waals surface area contributed by atoms with Crippen molar-refractivity contribution in [2.75, 3.05) is 11.9 Å². The first kappa shape index (κ1) is 21.6. The molecule has 1 aliphatic carbocycles. The first-order chi connectivity index (χ1) is 14.9. The molecule has 6 nitrogen and oxygen atoms in total. The van der Waals surface area contributed by atoms with Gasteiger partial charge in [0.2, 0.25) is 5.95 Å². The molecule has 1 atom stereocenters. The smallest absolute Gasteiger partial charge is 0.345 e. The first-order valence-electron chi connectivity index (χ1n) is 10.9. The largest absolute Gasteiger partial charge is 0.348 e. The minimum Gasteiger partial charge on any atom is -0.348 e. The molecule has 4 rings (SSSR count). The van der Waals surface area contributed by atoms with Gasteiger partial charge in [-0.25, -0.2) is 9.50 Å². The summed E-state index contributed by atoms with van der Waals surface area (Å²) in [5.41, 5.74) is 5.14. The normalized spacial score (nSPS) is 20.3. The van der Waals surface area contributed by atoms with Crippen LogP contribution in [0.1, 0.15) is 56.8 Å². The number of aromatic nitrogens is 4. The summed E-state index contributed by atoms with van der Waals surface area (Å²) in [4.78, 5) is 8.89. The quantitative estimate of drug-likeness (QED) is 0.542. The van der Waals surface area contributed by atoms with E-state index in [-0.39, 0.29) is 12.6 Å². The predicted octanol–water partition coefficient (Wildman–Crippen LogP) is 5.43. The number of hydrogen-bond acceptors (Lipinski definition) is 5. The number of halogens is 2. The molecular formula is C23H29F2N5O. The van der Waals surface area contributed by atoms with E-state index < -0.39 is 6.61 Å². The second-order valence-corrected chi connectivity index (χ2v) is 8.65. The van der Waals surface area contributed by atoms with Gasteiger partial charge in [0.15, 0.2) is 0 Å². The first-order valence-corrected chi connectivity index (χ1v) is 10.9. The summed E-state index contributed by atoms with van der Waals surface area (Å²) in [7, 11) is 0. The third kappa shape index (κ3) is 5.01. The van der Waals surface area contributed by atoms with Gasteiger partial charge in [-0.05, 0) is 44.7 Å². The third-order valence-corrected chi connectivity index (χ3v) is 6.05. The second-order valence-electron chi connectivity index (χ2n) is 8.65. The summed E-state index contributed by atoms with van der Waals surface area (Å²) < 4.78 is 31.0. The fourth-order valence-electron chi connectivity index (χ4n) is 4.27. The van der Waals surface area contributed by atoms with Crippen LogP contribution in [0.3, 0.4) is 0 Å². The van der Waals surface area contributed by atoms with Gasteiger partial charge in [0.05, 0.1) is 18.3 Å². The van der Waals surface area contributed by atoms with Crippen LogP contribution in [0.15, 0.2) is 30.6 Å². The second kappa shape index (κ2) is 9.26. The molecule has 1 fully saturated rings. The molecule has 8 heteroatoms. The number of nitrogens with one attached hydrogen (secondary N) is 1. The third-order valence-electron chi connectivity index (χ3n) is 6.05. The molecule has 0 unspecified atom stereocenters. The number of rotatable bonds is 7. The summed E-state index contributed by atoms with van der Waals surface area (Å²) in [6.07, 6.45) is 8.34. The summed E-state index contributed by atoms with van der Waals surface area (Å²) >= 11 is 0. The zero-order chi connectivity index (χ0) is 22.0. The average molecular weight is 430 g/mol. The van der Waals surface area contributed by atoms with E-state index in [2.05, 4.69) is 39.1 Å². The molecule has 166 valence electrons. The van der Waals surface area contributed by atoms with E-state index in [0.29, 0.717) is 11.9 Å². The molecule has 0 amide bonds.